The minimum atomic E-state index is -3.02. The maximum Gasteiger partial charge on any atom is 0.150 e. The van der Waals surface area contributed by atoms with Gasteiger partial charge in [-0.2, -0.15) is 0 Å². The van der Waals surface area contributed by atoms with Crippen LogP contribution in [0.2, 0.25) is 0 Å². The molecular formula is C11H14FNO2S. The summed E-state index contributed by atoms with van der Waals surface area (Å²) in [4.78, 5) is 0. The van der Waals surface area contributed by atoms with Gasteiger partial charge in [-0.1, -0.05) is 12.1 Å². The molecule has 2 atom stereocenters. The van der Waals surface area contributed by atoms with E-state index in [4.69, 9.17) is 5.73 Å². The number of nitrogen functional groups attached to an aromatic ring is 1. The first-order valence-electron chi connectivity index (χ1n) is 5.18. The van der Waals surface area contributed by atoms with Crippen molar-refractivity contribution >= 4 is 15.5 Å². The molecule has 88 valence electrons. The zero-order valence-corrected chi connectivity index (χ0v) is 9.58. The average molecular weight is 243 g/mol. The monoisotopic (exact) mass is 243 g/mol. The lowest BCUT2D eigenvalue weighted by molar-refractivity contribution is 0.251. The Labute approximate surface area is 94.4 Å². The van der Waals surface area contributed by atoms with Gasteiger partial charge in [-0.25, -0.2) is 12.8 Å². The third kappa shape index (κ3) is 2.35. The van der Waals surface area contributed by atoms with E-state index in [2.05, 4.69) is 0 Å². The van der Waals surface area contributed by atoms with Crippen molar-refractivity contribution in [2.24, 2.45) is 5.92 Å². The number of anilines is 1. The van der Waals surface area contributed by atoms with Crippen LogP contribution < -0.4 is 5.73 Å². The van der Waals surface area contributed by atoms with Crippen LogP contribution in [0.1, 0.15) is 18.2 Å². The van der Waals surface area contributed by atoms with Crippen molar-refractivity contribution in [1.82, 2.24) is 0 Å². The van der Waals surface area contributed by atoms with Crippen LogP contribution in [0.4, 0.5) is 10.1 Å². The van der Waals surface area contributed by atoms with Gasteiger partial charge in [0.25, 0.3) is 0 Å². The van der Waals surface area contributed by atoms with Gasteiger partial charge in [0.2, 0.25) is 0 Å². The number of sulfone groups is 1. The number of nitrogens with two attached hydrogens (primary N) is 1. The van der Waals surface area contributed by atoms with E-state index in [1.165, 1.54) is 0 Å². The average Bonchev–Trinajstić information content (AvgIpc) is 2.59. The molecule has 16 heavy (non-hydrogen) atoms. The molecule has 5 heteroatoms. The predicted octanol–water partition coefficient (Wildman–Crippen LogP) is 1.71. The van der Waals surface area contributed by atoms with E-state index >= 15 is 0 Å². The number of rotatable bonds is 2. The van der Waals surface area contributed by atoms with Crippen molar-refractivity contribution < 1.29 is 12.8 Å². The minimum Gasteiger partial charge on any atom is -0.399 e. The third-order valence-corrected chi connectivity index (χ3v) is 4.73. The molecule has 1 aromatic carbocycles. The molecule has 0 aliphatic carbocycles. The molecule has 2 N–H and O–H groups in total. The lowest BCUT2D eigenvalue weighted by atomic mass is 9.96. The molecule has 0 spiro atoms. The Morgan fingerprint density at radius 1 is 1.31 bits per heavy atom. The van der Waals surface area contributed by atoms with Gasteiger partial charge < -0.3 is 5.73 Å². The van der Waals surface area contributed by atoms with Crippen LogP contribution >= 0.6 is 0 Å². The van der Waals surface area contributed by atoms with Crippen LogP contribution in [0.5, 0.6) is 0 Å². The highest BCUT2D eigenvalue weighted by Gasteiger charge is 2.34. The van der Waals surface area contributed by atoms with Gasteiger partial charge in [0.05, 0.1) is 11.5 Å². The molecule has 0 bridgehead atoms. The minimum absolute atomic E-state index is 0.0431. The fraction of sp³-hybridized carbons (Fsp3) is 0.455. The summed E-state index contributed by atoms with van der Waals surface area (Å²) in [6.45, 7) is 0. The Hall–Kier alpha value is -1.10. The largest absolute Gasteiger partial charge is 0.399 e. The highest BCUT2D eigenvalue weighted by Crippen LogP contribution is 2.34. The molecular weight excluding hydrogens is 229 g/mol. The Morgan fingerprint density at radius 3 is 2.44 bits per heavy atom. The molecule has 1 fully saturated rings. The summed E-state index contributed by atoms with van der Waals surface area (Å²) < 4.78 is 36.5. The van der Waals surface area contributed by atoms with Crippen molar-refractivity contribution in [2.45, 2.75) is 12.6 Å². The number of hydrogen-bond acceptors (Lipinski definition) is 3. The molecule has 2 rings (SSSR count). The molecule has 2 unspecified atom stereocenters. The van der Waals surface area contributed by atoms with Gasteiger partial charge in [-0.05, 0) is 24.1 Å². The van der Waals surface area contributed by atoms with E-state index in [9.17, 15) is 12.8 Å². The van der Waals surface area contributed by atoms with E-state index in [0.717, 1.165) is 0 Å². The standard InChI is InChI=1S/C11H14FNO2S/c12-11(8-1-3-10(13)4-2-8)9-5-6-16(14,15)7-9/h1-4,9,11H,5-7,13H2. The summed E-state index contributed by atoms with van der Waals surface area (Å²) in [7, 11) is -3.02. The van der Waals surface area contributed by atoms with Crippen LogP contribution in [-0.4, -0.2) is 19.9 Å². The molecule has 0 aromatic heterocycles. The van der Waals surface area contributed by atoms with Gasteiger partial charge in [-0.3, -0.25) is 0 Å². The molecule has 0 radical (unpaired) electrons. The molecule has 0 saturated carbocycles. The summed E-state index contributed by atoms with van der Waals surface area (Å²) in [5.41, 5.74) is 6.59. The highest BCUT2D eigenvalue weighted by molar-refractivity contribution is 7.91. The normalized spacial score (nSPS) is 25.4. The van der Waals surface area contributed by atoms with E-state index in [1.54, 1.807) is 24.3 Å². The highest BCUT2D eigenvalue weighted by atomic mass is 32.2. The molecule has 1 saturated heterocycles. The fourth-order valence-electron chi connectivity index (χ4n) is 2.01. The van der Waals surface area contributed by atoms with Crippen molar-refractivity contribution in [1.29, 1.82) is 0 Å². The summed E-state index contributed by atoms with van der Waals surface area (Å²) in [6.07, 6.45) is -0.800. The Morgan fingerprint density at radius 2 is 1.94 bits per heavy atom. The number of halogens is 1. The van der Waals surface area contributed by atoms with Crippen LogP contribution in [0, 0.1) is 5.92 Å². The van der Waals surface area contributed by atoms with Gasteiger partial charge in [0.1, 0.15) is 6.17 Å². The van der Waals surface area contributed by atoms with Crippen molar-refractivity contribution in [3.8, 4) is 0 Å². The molecule has 1 aromatic rings. The molecule has 1 aliphatic rings. The third-order valence-electron chi connectivity index (χ3n) is 2.94. The first-order chi connectivity index (χ1) is 7.48. The SMILES string of the molecule is Nc1ccc(C(F)C2CCS(=O)(=O)C2)cc1. The summed E-state index contributed by atoms with van der Waals surface area (Å²) in [5, 5.41) is 0. The molecule has 3 nitrogen and oxygen atoms in total. The maximum atomic E-state index is 14.0. The molecule has 1 heterocycles. The van der Waals surface area contributed by atoms with Crippen LogP contribution in [0.25, 0.3) is 0 Å². The second-order valence-corrected chi connectivity index (χ2v) is 6.46. The Balaban J connectivity index is 2.14. The topological polar surface area (TPSA) is 60.2 Å². The van der Waals surface area contributed by atoms with Crippen LogP contribution in [0.3, 0.4) is 0 Å². The quantitative estimate of drug-likeness (QED) is 0.804. The van der Waals surface area contributed by atoms with E-state index in [0.29, 0.717) is 17.7 Å². The van der Waals surface area contributed by atoms with Gasteiger partial charge in [-0.15, -0.1) is 0 Å². The number of benzene rings is 1. The summed E-state index contributed by atoms with van der Waals surface area (Å²) >= 11 is 0. The van der Waals surface area contributed by atoms with Gasteiger partial charge in [0.15, 0.2) is 9.84 Å². The van der Waals surface area contributed by atoms with E-state index in [1.807, 2.05) is 0 Å². The molecule has 0 amide bonds. The first kappa shape index (κ1) is 11.4. The lowest BCUT2D eigenvalue weighted by Gasteiger charge is -2.14. The number of alkyl halides is 1. The Kier molecular flexibility index (Phi) is 2.88. The van der Waals surface area contributed by atoms with Gasteiger partial charge >= 0.3 is 0 Å². The Bertz CT molecular complexity index is 469. The van der Waals surface area contributed by atoms with E-state index in [-0.39, 0.29) is 11.5 Å². The van der Waals surface area contributed by atoms with Crippen molar-refractivity contribution in [3.05, 3.63) is 29.8 Å². The second kappa shape index (κ2) is 4.05. The van der Waals surface area contributed by atoms with Crippen molar-refractivity contribution in [3.63, 3.8) is 0 Å². The lowest BCUT2D eigenvalue weighted by Crippen LogP contribution is -2.11. The van der Waals surface area contributed by atoms with Crippen molar-refractivity contribution in [2.75, 3.05) is 17.2 Å². The molecule has 1 aliphatic heterocycles. The van der Waals surface area contributed by atoms with Crippen LogP contribution in [0.15, 0.2) is 24.3 Å². The smallest absolute Gasteiger partial charge is 0.150 e. The fourth-order valence-corrected chi connectivity index (χ4v) is 3.82. The van der Waals surface area contributed by atoms with E-state index < -0.39 is 21.9 Å². The number of hydrogen-bond donors (Lipinski definition) is 1. The zero-order chi connectivity index (χ0) is 11.8. The zero-order valence-electron chi connectivity index (χ0n) is 8.77. The first-order valence-corrected chi connectivity index (χ1v) is 7.00. The van der Waals surface area contributed by atoms with Gasteiger partial charge in [0, 0.05) is 11.6 Å². The second-order valence-electron chi connectivity index (χ2n) is 4.23. The predicted molar refractivity (Wildman–Crippen MR) is 61.5 cm³/mol. The van der Waals surface area contributed by atoms with Crippen LogP contribution in [-0.2, 0) is 9.84 Å². The summed E-state index contributed by atoms with van der Waals surface area (Å²) in [5.74, 6) is -0.348. The summed E-state index contributed by atoms with van der Waals surface area (Å²) in [6, 6.07) is 6.49. The maximum absolute atomic E-state index is 14.0.